The molecule has 35 heavy (non-hydrogen) atoms. The number of anilines is 2. The van der Waals surface area contributed by atoms with E-state index in [-0.39, 0.29) is 12.3 Å². The summed E-state index contributed by atoms with van der Waals surface area (Å²) in [5, 5.41) is 9.46. The van der Waals surface area contributed by atoms with Crippen LogP contribution in [-0.2, 0) is 16.0 Å². The molecular formula is C26H31N7O2. The van der Waals surface area contributed by atoms with E-state index in [1.54, 1.807) is 0 Å². The summed E-state index contributed by atoms with van der Waals surface area (Å²) in [6, 6.07) is 12.6. The maximum atomic E-state index is 5.85. The van der Waals surface area contributed by atoms with Gasteiger partial charge < -0.3 is 19.3 Å². The van der Waals surface area contributed by atoms with E-state index in [1.807, 2.05) is 39.9 Å². The van der Waals surface area contributed by atoms with Crippen molar-refractivity contribution in [2.24, 2.45) is 0 Å². The van der Waals surface area contributed by atoms with Crippen LogP contribution in [0, 0.1) is 0 Å². The van der Waals surface area contributed by atoms with Crippen LogP contribution in [0.25, 0.3) is 16.9 Å². The molecule has 3 aromatic heterocycles. The maximum absolute atomic E-state index is 5.85. The van der Waals surface area contributed by atoms with Crippen molar-refractivity contribution >= 4 is 17.0 Å². The van der Waals surface area contributed by atoms with Crippen LogP contribution in [0.2, 0.25) is 0 Å². The number of fused-ring (bicyclic) bond motifs is 2. The first-order chi connectivity index (χ1) is 17.2. The maximum Gasteiger partial charge on any atom is 0.157 e. The summed E-state index contributed by atoms with van der Waals surface area (Å²) in [7, 11) is 2.13. The quantitative estimate of drug-likeness (QED) is 0.400. The average Bonchev–Trinajstić information content (AvgIpc) is 3.62. The summed E-state index contributed by atoms with van der Waals surface area (Å²) in [6.45, 7) is 5.08. The zero-order valence-corrected chi connectivity index (χ0v) is 20.2. The second-order valence-electron chi connectivity index (χ2n) is 9.30. The Morgan fingerprint density at radius 1 is 1.11 bits per heavy atom. The van der Waals surface area contributed by atoms with Crippen LogP contribution in [0.4, 0.5) is 11.4 Å². The minimum absolute atomic E-state index is 0.0770. The molecule has 1 saturated heterocycles. The second-order valence-corrected chi connectivity index (χ2v) is 9.30. The van der Waals surface area contributed by atoms with E-state index in [4.69, 9.17) is 14.6 Å². The van der Waals surface area contributed by atoms with Crippen molar-refractivity contribution in [1.82, 2.24) is 24.4 Å². The van der Waals surface area contributed by atoms with Gasteiger partial charge in [0.05, 0.1) is 61.0 Å². The van der Waals surface area contributed by atoms with Crippen LogP contribution in [0.1, 0.15) is 37.9 Å². The predicted octanol–water partition coefficient (Wildman–Crippen LogP) is 4.11. The van der Waals surface area contributed by atoms with E-state index in [2.05, 4.69) is 58.1 Å². The fourth-order valence-corrected chi connectivity index (χ4v) is 4.97. The molecule has 0 spiro atoms. The van der Waals surface area contributed by atoms with Crippen molar-refractivity contribution in [3.63, 3.8) is 0 Å². The molecule has 9 nitrogen and oxygen atoms in total. The highest BCUT2D eigenvalue weighted by Crippen LogP contribution is 2.39. The van der Waals surface area contributed by atoms with Gasteiger partial charge in [0.1, 0.15) is 0 Å². The third-order valence-corrected chi connectivity index (χ3v) is 6.94. The van der Waals surface area contributed by atoms with Crippen LogP contribution >= 0.6 is 0 Å². The Kier molecular flexibility index (Phi) is 5.87. The zero-order valence-electron chi connectivity index (χ0n) is 20.2. The van der Waals surface area contributed by atoms with E-state index >= 15 is 0 Å². The number of benzene rings is 1. The predicted molar refractivity (Wildman–Crippen MR) is 134 cm³/mol. The van der Waals surface area contributed by atoms with Gasteiger partial charge in [0.25, 0.3) is 0 Å². The lowest BCUT2D eigenvalue weighted by Crippen LogP contribution is -2.31. The fourth-order valence-electron chi connectivity index (χ4n) is 4.97. The van der Waals surface area contributed by atoms with Crippen molar-refractivity contribution in [1.29, 1.82) is 0 Å². The lowest BCUT2D eigenvalue weighted by Gasteiger charge is -2.26. The highest BCUT2D eigenvalue weighted by Gasteiger charge is 2.29. The number of rotatable bonds is 7. The van der Waals surface area contributed by atoms with Gasteiger partial charge in [-0.15, -0.1) is 0 Å². The molecule has 0 N–H and O–H groups in total. The first kappa shape index (κ1) is 22.1. The standard InChI is InChI=1S/C26H31N7O2/c1-19(32-18-30(2)22-7-3-4-8-23(22)32)24-16-27-25-11-10-21(29-33(24)25)20-15-28-31(17-20)12-14-35-26-9-5-6-13-34-26/h3-4,7-8,10-11,15-17,19,26H,5-6,9,12-14,18H2,1-2H3. The molecule has 0 aliphatic carbocycles. The molecule has 0 saturated carbocycles. The monoisotopic (exact) mass is 473 g/mol. The van der Waals surface area contributed by atoms with Gasteiger partial charge >= 0.3 is 0 Å². The second kappa shape index (κ2) is 9.31. The molecule has 182 valence electrons. The van der Waals surface area contributed by atoms with Gasteiger partial charge in [0.2, 0.25) is 0 Å². The number of para-hydroxylation sites is 2. The molecule has 0 bridgehead atoms. The molecule has 2 unspecified atom stereocenters. The van der Waals surface area contributed by atoms with E-state index in [0.717, 1.165) is 48.7 Å². The van der Waals surface area contributed by atoms with E-state index in [1.165, 1.54) is 17.8 Å². The van der Waals surface area contributed by atoms with Gasteiger partial charge in [-0.2, -0.15) is 10.2 Å². The van der Waals surface area contributed by atoms with Crippen molar-refractivity contribution < 1.29 is 9.47 Å². The van der Waals surface area contributed by atoms with Crippen LogP contribution in [0.15, 0.2) is 55.0 Å². The minimum Gasteiger partial charge on any atom is -0.355 e. The van der Waals surface area contributed by atoms with Gasteiger partial charge in [-0.1, -0.05) is 12.1 Å². The zero-order chi connectivity index (χ0) is 23.8. The van der Waals surface area contributed by atoms with Crippen molar-refractivity contribution in [3.05, 3.63) is 60.7 Å². The first-order valence-electron chi connectivity index (χ1n) is 12.3. The number of ether oxygens (including phenoxy) is 2. The van der Waals surface area contributed by atoms with Crippen molar-refractivity contribution in [2.45, 2.75) is 45.1 Å². The van der Waals surface area contributed by atoms with Crippen LogP contribution in [0.3, 0.4) is 0 Å². The molecule has 9 heteroatoms. The third-order valence-electron chi connectivity index (χ3n) is 6.94. The summed E-state index contributed by atoms with van der Waals surface area (Å²) >= 11 is 0. The Hall–Kier alpha value is -3.43. The average molecular weight is 474 g/mol. The SMILES string of the molecule is CC(c1cnc2ccc(-c3cnn(CCOC4CCCCO4)c3)nn12)N1CN(C)c2ccccc21. The van der Waals surface area contributed by atoms with Gasteiger partial charge in [-0.05, 0) is 50.5 Å². The Balaban J connectivity index is 1.20. The number of imidazole rings is 1. The summed E-state index contributed by atoms with van der Waals surface area (Å²) in [5.41, 5.74) is 6.21. The van der Waals surface area contributed by atoms with Crippen molar-refractivity contribution in [3.8, 4) is 11.3 Å². The molecule has 6 rings (SSSR count). The van der Waals surface area contributed by atoms with Gasteiger partial charge in [0, 0.05) is 25.4 Å². The van der Waals surface area contributed by atoms with Gasteiger partial charge in [-0.25, -0.2) is 9.50 Å². The smallest absolute Gasteiger partial charge is 0.157 e. The summed E-state index contributed by atoms with van der Waals surface area (Å²) < 4.78 is 15.4. The Morgan fingerprint density at radius 2 is 2.00 bits per heavy atom. The minimum atomic E-state index is -0.0770. The molecule has 4 aromatic rings. The molecule has 1 fully saturated rings. The van der Waals surface area contributed by atoms with Gasteiger partial charge in [0.15, 0.2) is 11.9 Å². The van der Waals surface area contributed by atoms with Gasteiger partial charge in [-0.3, -0.25) is 4.68 Å². The van der Waals surface area contributed by atoms with Crippen LogP contribution in [0.5, 0.6) is 0 Å². The number of aromatic nitrogens is 5. The van der Waals surface area contributed by atoms with Crippen LogP contribution < -0.4 is 9.80 Å². The molecule has 0 radical (unpaired) electrons. The normalized spacial score (nSPS) is 18.9. The molecule has 0 amide bonds. The molecular weight excluding hydrogens is 442 g/mol. The molecule has 2 aliphatic rings. The molecule has 2 aliphatic heterocycles. The highest BCUT2D eigenvalue weighted by molar-refractivity contribution is 5.76. The lowest BCUT2D eigenvalue weighted by atomic mass is 10.2. The Bertz CT molecular complexity index is 1310. The van der Waals surface area contributed by atoms with E-state index < -0.39 is 0 Å². The number of hydrogen-bond acceptors (Lipinski definition) is 7. The summed E-state index contributed by atoms with van der Waals surface area (Å²) in [4.78, 5) is 9.28. The molecule has 1 aromatic carbocycles. The lowest BCUT2D eigenvalue weighted by molar-refractivity contribution is -0.163. The number of nitrogens with zero attached hydrogens (tertiary/aromatic N) is 7. The first-order valence-corrected chi connectivity index (χ1v) is 12.3. The molecule has 5 heterocycles. The largest absolute Gasteiger partial charge is 0.355 e. The Labute approximate surface area is 204 Å². The fraction of sp³-hybridized carbons (Fsp3) is 0.423. The van der Waals surface area contributed by atoms with E-state index in [9.17, 15) is 0 Å². The summed E-state index contributed by atoms with van der Waals surface area (Å²) in [6.07, 6.45) is 9.00. The Morgan fingerprint density at radius 3 is 2.86 bits per heavy atom. The third kappa shape index (κ3) is 4.26. The molecule has 2 atom stereocenters. The highest BCUT2D eigenvalue weighted by atomic mass is 16.7. The van der Waals surface area contributed by atoms with E-state index in [0.29, 0.717) is 13.2 Å². The number of hydrogen-bond donors (Lipinski definition) is 0. The topological polar surface area (TPSA) is 72.9 Å². The van der Waals surface area contributed by atoms with Crippen LogP contribution in [-0.4, -0.2) is 57.6 Å². The summed E-state index contributed by atoms with van der Waals surface area (Å²) in [5.74, 6) is 0. The van der Waals surface area contributed by atoms with Crippen molar-refractivity contribution in [2.75, 3.05) is 36.7 Å².